The van der Waals surface area contributed by atoms with Gasteiger partial charge in [0.05, 0.1) is 35.9 Å². The Morgan fingerprint density at radius 1 is 1.00 bits per heavy atom. The summed E-state index contributed by atoms with van der Waals surface area (Å²) in [4.78, 5) is 68.4. The molecule has 0 radical (unpaired) electrons. The van der Waals surface area contributed by atoms with Gasteiger partial charge in [0, 0.05) is 62.0 Å². The number of aryl methyl sites for hydroxylation is 1. The molecule has 1 N–H and O–H groups in total. The number of Topliss-reactive ketones (excluding diaryl/α,β-unsaturated/α-hetero) is 2. The molecule has 59 heavy (non-hydrogen) atoms. The van der Waals surface area contributed by atoms with Crippen molar-refractivity contribution in [1.29, 1.82) is 0 Å². The highest BCUT2D eigenvalue weighted by Crippen LogP contribution is 2.43. The van der Waals surface area contributed by atoms with Gasteiger partial charge in [-0.1, -0.05) is 27.7 Å². The average Bonchev–Trinajstić information content (AvgIpc) is 3.77. The largest absolute Gasteiger partial charge is 0.458 e. The van der Waals surface area contributed by atoms with E-state index in [-0.39, 0.29) is 37.3 Å². The van der Waals surface area contributed by atoms with Crippen molar-refractivity contribution in [2.24, 2.45) is 23.7 Å². The minimum Gasteiger partial charge on any atom is -0.458 e. The van der Waals surface area contributed by atoms with Crippen molar-refractivity contribution in [2.75, 3.05) is 27.7 Å². The highest BCUT2D eigenvalue weighted by atomic mass is 19.1. The Balaban J connectivity index is 1.43. The third kappa shape index (κ3) is 9.72. The number of hydrogen-bond donors (Lipinski definition) is 1. The molecular weight excluding hydrogens is 765 g/mol. The van der Waals surface area contributed by atoms with Crippen molar-refractivity contribution < 1.29 is 52.4 Å². The molecule has 0 spiro atoms. The molecule has 0 aromatic carbocycles. The average molecular weight is 830 g/mol. The van der Waals surface area contributed by atoms with Crippen molar-refractivity contribution in [3.63, 3.8) is 0 Å². The third-order valence-corrected chi connectivity index (χ3v) is 12.9. The summed E-state index contributed by atoms with van der Waals surface area (Å²) < 4.78 is 46.4. The lowest BCUT2D eigenvalue weighted by Gasteiger charge is -2.47. The minimum atomic E-state index is -1.43. The van der Waals surface area contributed by atoms with Crippen molar-refractivity contribution in [3.8, 4) is 11.3 Å². The number of hydrogen-bond acceptors (Lipinski definition) is 13. The number of aromatic nitrogens is 3. The van der Waals surface area contributed by atoms with E-state index in [9.17, 15) is 28.7 Å². The molecule has 5 rings (SSSR count). The van der Waals surface area contributed by atoms with E-state index in [1.807, 2.05) is 36.7 Å². The van der Waals surface area contributed by atoms with Crippen LogP contribution in [-0.2, 0) is 44.6 Å². The van der Waals surface area contributed by atoms with Gasteiger partial charge >= 0.3 is 12.1 Å². The van der Waals surface area contributed by atoms with Crippen molar-refractivity contribution >= 4 is 23.6 Å². The van der Waals surface area contributed by atoms with Crippen molar-refractivity contribution in [2.45, 2.75) is 148 Å². The SMILES string of the molecule is CC[C@H]1OC(=O)[C@H](C)C(=O)[C@H](C)C(OC2O[C@H](C)C[C@H](N(C)C)[C@H]2O)[C@@](C)(OC)C[C@@H](C)C(=O)[C@H](C)[C@H]2N(CCCCn3cnc(-c4ccc(F)nc4)c3)C(=O)O[C@]12C. The molecule has 5 heterocycles. The molecule has 3 saturated heterocycles. The van der Waals surface area contributed by atoms with E-state index in [1.54, 1.807) is 58.8 Å². The molecule has 3 aliphatic rings. The highest BCUT2D eigenvalue weighted by Gasteiger charge is 2.60. The van der Waals surface area contributed by atoms with Gasteiger partial charge in [-0.05, 0) is 86.0 Å². The normalized spacial score (nSPS) is 36.3. The summed E-state index contributed by atoms with van der Waals surface area (Å²) in [5, 5.41) is 11.4. The first-order chi connectivity index (χ1) is 27.8. The molecule has 2 aromatic heterocycles. The number of amides is 1. The van der Waals surface area contributed by atoms with Crippen LogP contribution in [0.2, 0.25) is 0 Å². The quantitative estimate of drug-likeness (QED) is 0.138. The summed E-state index contributed by atoms with van der Waals surface area (Å²) in [6, 6.07) is 1.78. The van der Waals surface area contributed by atoms with E-state index in [0.29, 0.717) is 37.1 Å². The Bertz CT molecular complexity index is 1790. The van der Waals surface area contributed by atoms with Crippen LogP contribution >= 0.6 is 0 Å². The second-order valence-corrected chi connectivity index (χ2v) is 17.5. The second kappa shape index (κ2) is 18.8. The number of ether oxygens (including phenoxy) is 5. The summed E-state index contributed by atoms with van der Waals surface area (Å²) >= 11 is 0. The zero-order chi connectivity index (χ0) is 43.6. The Kier molecular flexibility index (Phi) is 14.8. The number of esters is 1. The van der Waals surface area contributed by atoms with Crippen LogP contribution in [0.4, 0.5) is 9.18 Å². The van der Waals surface area contributed by atoms with E-state index >= 15 is 0 Å². The lowest BCUT2D eigenvalue weighted by Crippen LogP contribution is -2.60. The predicted octanol–water partition coefficient (Wildman–Crippen LogP) is 5.07. The Morgan fingerprint density at radius 3 is 2.32 bits per heavy atom. The molecular formula is C43H64FN5O10. The summed E-state index contributed by atoms with van der Waals surface area (Å²) in [5.74, 6) is -5.66. The van der Waals surface area contributed by atoms with Crippen LogP contribution < -0.4 is 0 Å². The zero-order valence-corrected chi connectivity index (χ0v) is 36.4. The van der Waals surface area contributed by atoms with Crippen LogP contribution in [0.25, 0.3) is 11.3 Å². The molecule has 328 valence electrons. The second-order valence-electron chi connectivity index (χ2n) is 17.5. The van der Waals surface area contributed by atoms with Crippen molar-refractivity contribution in [1.82, 2.24) is 24.3 Å². The van der Waals surface area contributed by atoms with E-state index < -0.39 is 89.3 Å². The number of carbonyl (C=O) groups excluding carboxylic acids is 4. The van der Waals surface area contributed by atoms with E-state index in [2.05, 4.69) is 9.97 Å². The number of aliphatic hydroxyl groups excluding tert-OH is 1. The highest BCUT2D eigenvalue weighted by molar-refractivity contribution is 6.00. The molecule has 0 saturated carbocycles. The molecule has 0 aliphatic carbocycles. The van der Waals surface area contributed by atoms with Gasteiger partial charge in [0.25, 0.3) is 0 Å². The van der Waals surface area contributed by atoms with Gasteiger partial charge in [0.2, 0.25) is 5.95 Å². The van der Waals surface area contributed by atoms with Crippen LogP contribution in [0, 0.1) is 29.6 Å². The number of carbonyl (C=O) groups is 4. The fourth-order valence-corrected chi connectivity index (χ4v) is 9.44. The molecule has 1 amide bonds. The molecule has 16 heteroatoms. The number of rotatable bonds is 11. The first kappa shape index (κ1) is 46.2. The number of methoxy groups -OCH3 is 1. The summed E-state index contributed by atoms with van der Waals surface area (Å²) in [6.07, 6.45) is 1.93. The van der Waals surface area contributed by atoms with E-state index in [0.717, 1.165) is 0 Å². The maximum atomic E-state index is 14.7. The van der Waals surface area contributed by atoms with Crippen molar-refractivity contribution in [3.05, 3.63) is 36.8 Å². The summed E-state index contributed by atoms with van der Waals surface area (Å²) in [6.45, 7) is 14.7. The summed E-state index contributed by atoms with van der Waals surface area (Å²) in [5.41, 5.74) is -1.38. The van der Waals surface area contributed by atoms with Crippen LogP contribution in [-0.4, -0.2) is 135 Å². The van der Waals surface area contributed by atoms with Crippen LogP contribution in [0.3, 0.4) is 0 Å². The Labute approximate surface area is 347 Å². The fraction of sp³-hybridized carbons (Fsp3) is 0.721. The van der Waals surface area contributed by atoms with Gasteiger partial charge in [-0.2, -0.15) is 4.39 Å². The van der Waals surface area contributed by atoms with E-state index in [4.69, 9.17) is 23.7 Å². The van der Waals surface area contributed by atoms with Crippen LogP contribution in [0.5, 0.6) is 0 Å². The van der Waals surface area contributed by atoms with Gasteiger partial charge in [-0.25, -0.2) is 14.8 Å². The molecule has 3 aliphatic heterocycles. The number of fused-ring (bicyclic) bond motifs is 1. The van der Waals surface area contributed by atoms with Gasteiger partial charge < -0.3 is 43.2 Å². The molecule has 2 unspecified atom stereocenters. The predicted molar refractivity (Wildman–Crippen MR) is 214 cm³/mol. The molecule has 13 atom stereocenters. The number of ketones is 2. The minimum absolute atomic E-state index is 0.111. The van der Waals surface area contributed by atoms with Crippen LogP contribution in [0.1, 0.15) is 87.5 Å². The number of halogens is 1. The van der Waals surface area contributed by atoms with E-state index in [1.165, 1.54) is 26.3 Å². The summed E-state index contributed by atoms with van der Waals surface area (Å²) in [7, 11) is 5.21. The smallest absolute Gasteiger partial charge is 0.410 e. The number of nitrogens with zero attached hydrogens (tertiary/aromatic N) is 5. The molecule has 0 bridgehead atoms. The third-order valence-electron chi connectivity index (χ3n) is 12.9. The zero-order valence-electron chi connectivity index (χ0n) is 36.4. The Hall–Kier alpha value is -3.83. The number of imidazole rings is 1. The van der Waals surface area contributed by atoms with Gasteiger partial charge in [-0.3, -0.25) is 14.4 Å². The Morgan fingerprint density at radius 2 is 1.69 bits per heavy atom. The number of cyclic esters (lactones) is 1. The first-order valence-electron chi connectivity index (χ1n) is 20.9. The number of aliphatic hydroxyl groups is 1. The topological polar surface area (TPSA) is 172 Å². The number of pyridine rings is 1. The van der Waals surface area contributed by atoms with Gasteiger partial charge in [0.15, 0.2) is 17.7 Å². The maximum Gasteiger partial charge on any atom is 0.410 e. The fourth-order valence-electron chi connectivity index (χ4n) is 9.44. The molecule has 2 aromatic rings. The van der Waals surface area contributed by atoms with Gasteiger partial charge in [0.1, 0.15) is 23.9 Å². The van der Waals surface area contributed by atoms with Gasteiger partial charge in [-0.15, -0.1) is 0 Å². The molecule has 15 nitrogen and oxygen atoms in total. The lowest BCUT2D eigenvalue weighted by molar-refractivity contribution is -0.295. The monoisotopic (exact) mass is 829 g/mol. The molecule has 3 fully saturated rings. The number of likely N-dealkylation sites (N-methyl/N-ethyl adjacent to an activating group) is 1. The number of unbranched alkanes of at least 4 members (excludes halogenated alkanes) is 1. The van der Waals surface area contributed by atoms with Crippen LogP contribution in [0.15, 0.2) is 30.9 Å². The maximum absolute atomic E-state index is 14.7. The first-order valence-corrected chi connectivity index (χ1v) is 20.9. The standard InChI is InChI=1S/C43H64FN5O10/c1-12-32-43(8)37(49(41(54)59-43)18-14-13-17-48-22-30(46-23-48)29-15-16-33(44)45-21-29)26(4)34(50)24(2)20-42(7,55-11)38(27(5)35(51)28(6)39(53)57-32)58-40-36(52)31(47(9)10)19-25(3)56-40/h15-16,21-28,31-32,36-38,40,52H,12-14,17-20H2,1-11H3/t24-,25-,26+,27+,28-,31+,32-,36-,37-,38?,40?,42+,43-/m1/s1. The lowest BCUT2D eigenvalue weighted by atomic mass is 9.73.